The van der Waals surface area contributed by atoms with Crippen LogP contribution in [0.15, 0.2) is 59.1 Å². The van der Waals surface area contributed by atoms with Gasteiger partial charge < -0.3 is 10.1 Å². The van der Waals surface area contributed by atoms with Crippen molar-refractivity contribution in [3.8, 4) is 0 Å². The monoisotopic (exact) mass is 440 g/mol. The van der Waals surface area contributed by atoms with Crippen LogP contribution in [0.25, 0.3) is 16.6 Å². The summed E-state index contributed by atoms with van der Waals surface area (Å²) in [7, 11) is 0. The molecule has 0 fully saturated rings. The van der Waals surface area contributed by atoms with E-state index in [-0.39, 0.29) is 17.8 Å². The lowest BCUT2D eigenvalue weighted by molar-refractivity contribution is -0.206. The van der Waals surface area contributed by atoms with Gasteiger partial charge in [-0.25, -0.2) is 4.99 Å². The summed E-state index contributed by atoms with van der Waals surface area (Å²) in [5.41, 5.74) is 5.97. The van der Waals surface area contributed by atoms with Gasteiger partial charge in [-0.05, 0) is 55.2 Å². The average molecular weight is 440 g/mol. The summed E-state index contributed by atoms with van der Waals surface area (Å²) in [5.74, 6) is -0.0719. The molecule has 0 spiro atoms. The highest BCUT2D eigenvalue weighted by Crippen LogP contribution is 2.33. The number of alkyl halides is 3. The molecular weight excluding hydrogens is 417 g/mol. The molecule has 1 aliphatic heterocycles. The number of ketones is 1. The SMILES string of the molecule is CC1=C(c2ccc3[nH]c(C)cc3c2)N=C(C(=O)CCc2ccc(C(O)C(F)(F)F)cc2)C1. The number of halogens is 3. The molecule has 1 unspecified atom stereocenters. The van der Waals surface area contributed by atoms with E-state index >= 15 is 0 Å². The first-order valence-corrected chi connectivity index (χ1v) is 10.4. The number of nitrogens with zero attached hydrogens (tertiary/aromatic N) is 1. The molecule has 0 aliphatic carbocycles. The van der Waals surface area contributed by atoms with Crippen LogP contribution < -0.4 is 0 Å². The van der Waals surface area contributed by atoms with Gasteiger partial charge in [-0.3, -0.25) is 4.79 Å². The van der Waals surface area contributed by atoms with E-state index in [1.165, 1.54) is 24.3 Å². The van der Waals surface area contributed by atoms with Gasteiger partial charge >= 0.3 is 6.18 Å². The van der Waals surface area contributed by atoms with Crippen molar-refractivity contribution in [3.05, 3.63) is 76.5 Å². The molecule has 0 saturated heterocycles. The van der Waals surface area contributed by atoms with Crippen molar-refractivity contribution in [2.24, 2.45) is 4.99 Å². The topological polar surface area (TPSA) is 65.5 Å². The van der Waals surface area contributed by atoms with Gasteiger partial charge in [-0.15, -0.1) is 0 Å². The third-order valence-electron chi connectivity index (χ3n) is 5.68. The van der Waals surface area contributed by atoms with Crippen molar-refractivity contribution in [1.29, 1.82) is 0 Å². The summed E-state index contributed by atoms with van der Waals surface area (Å²) in [5, 5.41) is 10.4. The molecule has 2 heterocycles. The predicted molar refractivity (Wildman–Crippen MR) is 118 cm³/mol. The van der Waals surface area contributed by atoms with Crippen LogP contribution in [0.1, 0.15) is 48.3 Å². The minimum atomic E-state index is -4.70. The Kier molecular flexibility index (Phi) is 5.77. The number of aryl methyl sites for hydroxylation is 2. The molecule has 0 saturated carbocycles. The highest BCUT2D eigenvalue weighted by molar-refractivity contribution is 6.42. The van der Waals surface area contributed by atoms with Crippen LogP contribution in [0, 0.1) is 6.92 Å². The lowest BCUT2D eigenvalue weighted by atomic mass is 10.00. The van der Waals surface area contributed by atoms with Gasteiger partial charge in [0.25, 0.3) is 0 Å². The van der Waals surface area contributed by atoms with Crippen molar-refractivity contribution in [2.45, 2.75) is 45.4 Å². The van der Waals surface area contributed by atoms with E-state index < -0.39 is 12.3 Å². The van der Waals surface area contributed by atoms with Gasteiger partial charge in [-0.1, -0.05) is 30.3 Å². The van der Waals surface area contributed by atoms with Crippen molar-refractivity contribution in [3.63, 3.8) is 0 Å². The largest absolute Gasteiger partial charge is 0.418 e. The second kappa shape index (κ2) is 8.39. The Bertz CT molecular complexity index is 1230. The number of aliphatic hydroxyl groups excluding tert-OH is 1. The molecule has 2 aromatic carbocycles. The molecule has 2 N–H and O–H groups in total. The number of hydrogen-bond acceptors (Lipinski definition) is 3. The number of hydrogen-bond donors (Lipinski definition) is 2. The Labute approximate surface area is 183 Å². The Morgan fingerprint density at radius 1 is 1.12 bits per heavy atom. The van der Waals surface area contributed by atoms with Crippen molar-refractivity contribution < 1.29 is 23.1 Å². The molecule has 0 amide bonds. The summed E-state index contributed by atoms with van der Waals surface area (Å²) in [6.07, 6.45) is -6.10. The Balaban J connectivity index is 1.42. The first-order valence-electron chi connectivity index (χ1n) is 10.4. The number of allylic oxidation sites excluding steroid dienone is 1. The maximum atomic E-state index is 12.7. The number of rotatable bonds is 6. The number of carbonyl (C=O) groups is 1. The summed E-state index contributed by atoms with van der Waals surface area (Å²) >= 11 is 0. The van der Waals surface area contributed by atoms with E-state index in [2.05, 4.69) is 22.1 Å². The Morgan fingerprint density at radius 3 is 2.53 bits per heavy atom. The zero-order valence-electron chi connectivity index (χ0n) is 17.8. The van der Waals surface area contributed by atoms with E-state index in [1.807, 2.05) is 26.0 Å². The minimum Gasteiger partial charge on any atom is -0.379 e. The fourth-order valence-corrected chi connectivity index (χ4v) is 3.96. The number of aromatic nitrogens is 1. The molecule has 1 aliphatic rings. The van der Waals surface area contributed by atoms with Crippen LogP contribution in [-0.2, 0) is 11.2 Å². The van der Waals surface area contributed by atoms with Crippen molar-refractivity contribution in [2.75, 3.05) is 0 Å². The molecule has 1 atom stereocenters. The molecule has 7 heteroatoms. The number of Topliss-reactive ketones (excluding diaryl/α,β-unsaturated/α-hetero) is 1. The quantitative estimate of drug-likeness (QED) is 0.505. The van der Waals surface area contributed by atoms with Gasteiger partial charge in [0.05, 0.1) is 11.4 Å². The van der Waals surface area contributed by atoms with Crippen LogP contribution in [0.3, 0.4) is 0 Å². The molecular formula is C25H23F3N2O2. The summed E-state index contributed by atoms with van der Waals surface area (Å²) in [6.45, 7) is 3.97. The van der Waals surface area contributed by atoms with Crippen molar-refractivity contribution >= 4 is 28.1 Å². The first-order chi connectivity index (χ1) is 15.1. The van der Waals surface area contributed by atoms with E-state index in [9.17, 15) is 23.1 Å². The average Bonchev–Trinajstić information content (AvgIpc) is 3.32. The third-order valence-corrected chi connectivity index (χ3v) is 5.68. The third kappa shape index (κ3) is 4.53. The van der Waals surface area contributed by atoms with Crippen molar-refractivity contribution in [1.82, 2.24) is 4.98 Å². The summed E-state index contributed by atoms with van der Waals surface area (Å²) in [6, 6.07) is 13.6. The molecule has 0 bridgehead atoms. The number of fused-ring (bicyclic) bond motifs is 1. The predicted octanol–water partition coefficient (Wildman–Crippen LogP) is 5.85. The van der Waals surface area contributed by atoms with Crippen LogP contribution in [0.2, 0.25) is 0 Å². The highest BCUT2D eigenvalue weighted by Gasteiger charge is 2.39. The zero-order chi connectivity index (χ0) is 23.0. The standard InChI is InChI=1S/C25H23F3N2O2/c1-14-11-21(30-23(14)18-8-9-20-19(13-18)12-15(2)29-20)22(31)10-5-16-3-6-17(7-4-16)24(32)25(26,27)28/h3-4,6-9,12-13,24,29,32H,5,10-11H2,1-2H3. The van der Waals surface area contributed by atoms with Crippen LogP contribution in [0.5, 0.6) is 0 Å². The first kappa shape index (κ1) is 22.0. The van der Waals surface area contributed by atoms with Gasteiger partial charge in [0, 0.05) is 35.0 Å². The van der Waals surface area contributed by atoms with Gasteiger partial charge in [0.15, 0.2) is 11.9 Å². The Hall–Kier alpha value is -3.19. The van der Waals surface area contributed by atoms with E-state index in [0.29, 0.717) is 18.6 Å². The normalized spacial score (nSPS) is 15.4. The van der Waals surface area contributed by atoms with Gasteiger partial charge in [0.1, 0.15) is 0 Å². The number of benzene rings is 2. The number of aliphatic imine (C=N–C) groups is 1. The summed E-state index contributed by atoms with van der Waals surface area (Å²) in [4.78, 5) is 20.6. The van der Waals surface area contributed by atoms with Gasteiger partial charge in [0.2, 0.25) is 0 Å². The maximum absolute atomic E-state index is 12.7. The van der Waals surface area contributed by atoms with Gasteiger partial charge in [-0.2, -0.15) is 13.2 Å². The molecule has 3 aromatic rings. The fourth-order valence-electron chi connectivity index (χ4n) is 3.96. The molecule has 4 rings (SSSR count). The van der Waals surface area contributed by atoms with E-state index in [0.717, 1.165) is 39.0 Å². The molecule has 166 valence electrons. The number of nitrogens with one attached hydrogen (secondary N) is 1. The second-order valence-corrected chi connectivity index (χ2v) is 8.23. The number of H-pyrrole nitrogens is 1. The van der Waals surface area contributed by atoms with Crippen LogP contribution >= 0.6 is 0 Å². The molecule has 32 heavy (non-hydrogen) atoms. The molecule has 1 aromatic heterocycles. The fraction of sp³-hybridized carbons (Fsp3) is 0.280. The molecule has 0 radical (unpaired) electrons. The lowest BCUT2D eigenvalue weighted by Crippen LogP contribution is -2.20. The minimum absolute atomic E-state index is 0.0719. The zero-order valence-corrected chi connectivity index (χ0v) is 17.8. The molecule has 4 nitrogen and oxygen atoms in total. The lowest BCUT2D eigenvalue weighted by Gasteiger charge is -2.15. The van der Waals surface area contributed by atoms with Crippen LogP contribution in [-0.4, -0.2) is 27.8 Å². The van der Waals surface area contributed by atoms with Crippen LogP contribution in [0.4, 0.5) is 13.2 Å². The number of aromatic amines is 1. The summed E-state index contributed by atoms with van der Waals surface area (Å²) < 4.78 is 37.8. The highest BCUT2D eigenvalue weighted by atomic mass is 19.4. The maximum Gasteiger partial charge on any atom is 0.418 e. The number of aliphatic hydroxyl groups is 1. The number of carbonyl (C=O) groups excluding carboxylic acids is 1. The Morgan fingerprint density at radius 2 is 1.84 bits per heavy atom. The van der Waals surface area contributed by atoms with E-state index in [4.69, 9.17) is 0 Å². The van der Waals surface area contributed by atoms with E-state index in [1.54, 1.807) is 0 Å². The smallest absolute Gasteiger partial charge is 0.379 e. The second-order valence-electron chi connectivity index (χ2n) is 8.23.